The van der Waals surface area contributed by atoms with Crippen molar-refractivity contribution in [3.63, 3.8) is 0 Å². The van der Waals surface area contributed by atoms with Crippen LogP contribution >= 0.6 is 34.5 Å². The molecule has 1 aliphatic heterocycles. The van der Waals surface area contributed by atoms with Crippen LogP contribution in [0.25, 0.3) is 0 Å². The molecule has 1 unspecified atom stereocenters. The molecule has 0 aliphatic carbocycles. The van der Waals surface area contributed by atoms with Crippen molar-refractivity contribution in [1.29, 1.82) is 0 Å². The third kappa shape index (κ3) is 2.63. The van der Waals surface area contributed by atoms with Gasteiger partial charge in [0.05, 0.1) is 28.7 Å². The first-order chi connectivity index (χ1) is 10.0. The van der Waals surface area contributed by atoms with Crippen LogP contribution in [0.4, 0.5) is 0 Å². The summed E-state index contributed by atoms with van der Waals surface area (Å²) in [6, 6.07) is 9.86. The van der Waals surface area contributed by atoms with Gasteiger partial charge in [0.2, 0.25) is 0 Å². The third-order valence-electron chi connectivity index (χ3n) is 3.86. The minimum Gasteiger partial charge on any atom is -0.370 e. The predicted octanol–water partition coefficient (Wildman–Crippen LogP) is 4.10. The van der Waals surface area contributed by atoms with E-state index in [0.29, 0.717) is 22.5 Å². The molecule has 0 bridgehead atoms. The van der Waals surface area contributed by atoms with E-state index < -0.39 is 0 Å². The van der Waals surface area contributed by atoms with Gasteiger partial charge in [0, 0.05) is 4.88 Å². The first-order valence-electron chi connectivity index (χ1n) is 6.56. The average molecular weight is 340 g/mol. The number of guanidine groups is 1. The van der Waals surface area contributed by atoms with E-state index in [1.165, 1.54) is 4.88 Å². The van der Waals surface area contributed by atoms with Crippen LogP contribution in [-0.4, -0.2) is 17.4 Å². The number of aliphatic imine (C=N–C) groups is 1. The number of nitrogens with zero attached hydrogens (tertiary/aromatic N) is 2. The number of benzene rings is 1. The first kappa shape index (κ1) is 14.7. The molecule has 0 saturated heterocycles. The molecule has 0 amide bonds. The maximum absolute atomic E-state index is 6.16. The van der Waals surface area contributed by atoms with Gasteiger partial charge in [0.25, 0.3) is 0 Å². The predicted molar refractivity (Wildman–Crippen MR) is 90.2 cm³/mol. The smallest absolute Gasteiger partial charge is 0.192 e. The molecule has 21 heavy (non-hydrogen) atoms. The van der Waals surface area contributed by atoms with E-state index in [9.17, 15) is 0 Å². The number of halogens is 2. The quantitative estimate of drug-likeness (QED) is 0.914. The summed E-state index contributed by atoms with van der Waals surface area (Å²) >= 11 is 13.9. The zero-order valence-electron chi connectivity index (χ0n) is 11.5. The number of nitrogens with two attached hydrogens (primary N) is 1. The van der Waals surface area contributed by atoms with E-state index in [4.69, 9.17) is 28.9 Å². The Bertz CT molecular complexity index is 684. The summed E-state index contributed by atoms with van der Waals surface area (Å²) in [4.78, 5) is 7.80. The van der Waals surface area contributed by atoms with Crippen molar-refractivity contribution in [3.05, 3.63) is 56.2 Å². The van der Waals surface area contributed by atoms with Crippen LogP contribution in [0.5, 0.6) is 0 Å². The van der Waals surface area contributed by atoms with Crippen molar-refractivity contribution in [3.8, 4) is 0 Å². The highest BCUT2D eigenvalue weighted by atomic mass is 35.5. The van der Waals surface area contributed by atoms with E-state index in [-0.39, 0.29) is 5.54 Å². The highest BCUT2D eigenvalue weighted by molar-refractivity contribution is 7.09. The summed E-state index contributed by atoms with van der Waals surface area (Å²) in [7, 11) is 0. The van der Waals surface area contributed by atoms with Crippen molar-refractivity contribution in [1.82, 2.24) is 4.90 Å². The van der Waals surface area contributed by atoms with Crippen LogP contribution in [0, 0.1) is 0 Å². The van der Waals surface area contributed by atoms with Gasteiger partial charge in [0.1, 0.15) is 0 Å². The molecule has 3 rings (SSSR count). The van der Waals surface area contributed by atoms with Gasteiger partial charge < -0.3 is 10.6 Å². The van der Waals surface area contributed by atoms with Crippen LogP contribution in [0.3, 0.4) is 0 Å². The second-order valence-electron chi connectivity index (χ2n) is 5.24. The highest BCUT2D eigenvalue weighted by Crippen LogP contribution is 2.37. The van der Waals surface area contributed by atoms with Crippen molar-refractivity contribution in [2.45, 2.75) is 19.0 Å². The molecule has 0 saturated carbocycles. The molecule has 6 heteroatoms. The Kier molecular flexibility index (Phi) is 3.86. The molecule has 0 radical (unpaired) electrons. The molecule has 0 spiro atoms. The Morgan fingerprint density at radius 1 is 1.33 bits per heavy atom. The molecule has 1 aromatic heterocycles. The fraction of sp³-hybridized carbons (Fsp3) is 0.267. The Balaban J connectivity index is 1.96. The Labute approximate surface area is 138 Å². The van der Waals surface area contributed by atoms with Gasteiger partial charge in [-0.2, -0.15) is 0 Å². The second-order valence-corrected chi connectivity index (χ2v) is 7.09. The normalized spacial score (nSPS) is 21.7. The summed E-state index contributed by atoms with van der Waals surface area (Å²) in [6.07, 6.45) is 0. The molecule has 2 heterocycles. The number of hydrogen-bond donors (Lipinski definition) is 1. The monoisotopic (exact) mass is 339 g/mol. The standard InChI is InChI=1S/C15H15Cl2N3S/c1-15(10-4-5-12(16)13(17)7-10)9-19-14(18)20(15)8-11-3-2-6-21-11/h2-7H,8-9H2,1H3,(H2,18,19). The fourth-order valence-electron chi connectivity index (χ4n) is 2.55. The van der Waals surface area contributed by atoms with Crippen LogP contribution in [0.2, 0.25) is 10.0 Å². The first-order valence-corrected chi connectivity index (χ1v) is 8.20. The SMILES string of the molecule is CC1(c2ccc(Cl)c(Cl)c2)CN=C(N)N1Cc1cccs1. The molecule has 1 aromatic carbocycles. The second kappa shape index (κ2) is 5.52. The van der Waals surface area contributed by atoms with Gasteiger partial charge in [0.15, 0.2) is 5.96 Å². The minimum atomic E-state index is -0.303. The molecule has 110 valence electrons. The number of thiophene rings is 1. The zero-order chi connectivity index (χ0) is 15.0. The summed E-state index contributed by atoms with van der Waals surface area (Å²) in [5.74, 6) is 0.567. The number of hydrogen-bond acceptors (Lipinski definition) is 4. The maximum Gasteiger partial charge on any atom is 0.192 e. The fourth-order valence-corrected chi connectivity index (χ4v) is 3.54. The van der Waals surface area contributed by atoms with Gasteiger partial charge in [-0.25, -0.2) is 0 Å². The van der Waals surface area contributed by atoms with Gasteiger partial charge in [-0.3, -0.25) is 4.99 Å². The van der Waals surface area contributed by atoms with Crippen molar-refractivity contribution < 1.29 is 0 Å². The van der Waals surface area contributed by atoms with Gasteiger partial charge >= 0.3 is 0 Å². The highest BCUT2D eigenvalue weighted by Gasteiger charge is 2.39. The number of rotatable bonds is 3. The van der Waals surface area contributed by atoms with E-state index in [0.717, 1.165) is 12.1 Å². The topological polar surface area (TPSA) is 41.6 Å². The molecule has 1 aliphatic rings. The van der Waals surface area contributed by atoms with Crippen LogP contribution < -0.4 is 5.73 Å². The molecule has 1 atom stereocenters. The molecule has 2 aromatic rings. The maximum atomic E-state index is 6.16. The lowest BCUT2D eigenvalue weighted by molar-refractivity contribution is 0.219. The largest absolute Gasteiger partial charge is 0.370 e. The molecular weight excluding hydrogens is 325 g/mol. The van der Waals surface area contributed by atoms with Crippen molar-refractivity contribution in [2.75, 3.05) is 6.54 Å². The van der Waals surface area contributed by atoms with E-state index >= 15 is 0 Å². The van der Waals surface area contributed by atoms with E-state index in [2.05, 4.69) is 28.3 Å². The van der Waals surface area contributed by atoms with Crippen LogP contribution in [0.15, 0.2) is 40.7 Å². The summed E-state index contributed by atoms with van der Waals surface area (Å²) in [5, 5.41) is 3.17. The Morgan fingerprint density at radius 3 is 2.81 bits per heavy atom. The Morgan fingerprint density at radius 2 is 2.14 bits per heavy atom. The average Bonchev–Trinajstić information content (AvgIpc) is 3.06. The molecule has 3 nitrogen and oxygen atoms in total. The van der Waals surface area contributed by atoms with Crippen molar-refractivity contribution >= 4 is 40.5 Å². The third-order valence-corrected chi connectivity index (χ3v) is 5.46. The summed E-state index contributed by atoms with van der Waals surface area (Å²) < 4.78 is 0. The summed E-state index contributed by atoms with van der Waals surface area (Å²) in [6.45, 7) is 3.48. The lowest BCUT2D eigenvalue weighted by atomic mass is 9.91. The van der Waals surface area contributed by atoms with Gasteiger partial charge in [-0.05, 0) is 36.1 Å². The molecule has 0 fully saturated rings. The minimum absolute atomic E-state index is 0.303. The van der Waals surface area contributed by atoms with E-state index in [1.807, 2.05) is 24.3 Å². The Hall–Kier alpha value is -1.23. The van der Waals surface area contributed by atoms with Crippen LogP contribution in [-0.2, 0) is 12.1 Å². The van der Waals surface area contributed by atoms with Crippen LogP contribution in [0.1, 0.15) is 17.4 Å². The zero-order valence-corrected chi connectivity index (χ0v) is 13.8. The van der Waals surface area contributed by atoms with Crippen molar-refractivity contribution in [2.24, 2.45) is 10.7 Å². The molecule has 2 N–H and O–H groups in total. The molecular formula is C15H15Cl2N3S. The van der Waals surface area contributed by atoms with Gasteiger partial charge in [-0.15, -0.1) is 11.3 Å². The van der Waals surface area contributed by atoms with Gasteiger partial charge in [-0.1, -0.05) is 35.3 Å². The lowest BCUT2D eigenvalue weighted by Gasteiger charge is -2.36. The van der Waals surface area contributed by atoms with E-state index in [1.54, 1.807) is 11.3 Å². The summed E-state index contributed by atoms with van der Waals surface area (Å²) in [5.41, 5.74) is 6.86. The lowest BCUT2D eigenvalue weighted by Crippen LogP contribution is -2.46.